The van der Waals surface area contributed by atoms with Crippen molar-refractivity contribution in [1.29, 1.82) is 5.26 Å². The number of ether oxygens (including phenoxy) is 1. The molecule has 1 heterocycles. The third-order valence-electron chi connectivity index (χ3n) is 3.60. The van der Waals surface area contributed by atoms with E-state index in [1.165, 1.54) is 29.5 Å². The number of carbonyl (C=O) groups is 1. The predicted molar refractivity (Wildman–Crippen MR) is 101 cm³/mol. The first-order valence-corrected chi connectivity index (χ1v) is 8.66. The van der Waals surface area contributed by atoms with E-state index >= 15 is 0 Å². The lowest BCUT2D eigenvalue weighted by atomic mass is 10.1. The SMILES string of the molecule is N#CCOc1ccccc1/C=C/C(=O)c1ccc(-c2ccc(F)cc2)s1. The van der Waals surface area contributed by atoms with Gasteiger partial charge in [-0.3, -0.25) is 4.79 Å². The summed E-state index contributed by atoms with van der Waals surface area (Å²) in [6, 6.07) is 18.9. The summed E-state index contributed by atoms with van der Waals surface area (Å²) >= 11 is 1.36. The van der Waals surface area contributed by atoms with Crippen LogP contribution in [-0.2, 0) is 0 Å². The molecule has 128 valence electrons. The standard InChI is InChI=1S/C21H14FNO2S/c22-17-8-5-16(6-9-17)20-11-12-21(26-20)18(24)10-7-15-3-1-2-4-19(15)25-14-13-23/h1-12H,14H2/b10-7+. The molecule has 0 bridgehead atoms. The van der Waals surface area contributed by atoms with E-state index in [4.69, 9.17) is 10.00 Å². The van der Waals surface area contributed by atoms with Gasteiger partial charge in [-0.1, -0.05) is 30.3 Å². The van der Waals surface area contributed by atoms with Crippen molar-refractivity contribution in [1.82, 2.24) is 0 Å². The smallest absolute Gasteiger partial charge is 0.195 e. The van der Waals surface area contributed by atoms with Crippen molar-refractivity contribution < 1.29 is 13.9 Å². The lowest BCUT2D eigenvalue weighted by molar-refractivity contribution is 0.105. The Bertz CT molecular complexity index is 984. The van der Waals surface area contributed by atoms with Crippen molar-refractivity contribution in [3.05, 3.63) is 83.0 Å². The van der Waals surface area contributed by atoms with Crippen molar-refractivity contribution in [3.8, 4) is 22.3 Å². The van der Waals surface area contributed by atoms with Gasteiger partial charge < -0.3 is 4.74 Å². The van der Waals surface area contributed by atoms with Crippen molar-refractivity contribution in [3.63, 3.8) is 0 Å². The average molecular weight is 363 g/mol. The molecule has 1 aromatic heterocycles. The maximum absolute atomic E-state index is 13.0. The molecule has 0 unspecified atom stereocenters. The molecule has 0 saturated carbocycles. The Morgan fingerprint density at radius 2 is 1.88 bits per heavy atom. The zero-order chi connectivity index (χ0) is 18.4. The largest absolute Gasteiger partial charge is 0.478 e. The molecular formula is C21H14FNO2S. The molecule has 0 aliphatic carbocycles. The number of nitrogens with zero attached hydrogens (tertiary/aromatic N) is 1. The highest BCUT2D eigenvalue weighted by Gasteiger charge is 2.08. The Morgan fingerprint density at radius 1 is 1.12 bits per heavy atom. The minimum absolute atomic E-state index is 0.0508. The summed E-state index contributed by atoms with van der Waals surface area (Å²) in [6.45, 7) is -0.0508. The Morgan fingerprint density at radius 3 is 2.65 bits per heavy atom. The molecule has 0 atom stereocenters. The summed E-state index contributed by atoms with van der Waals surface area (Å²) in [4.78, 5) is 13.9. The second-order valence-corrected chi connectivity index (χ2v) is 6.44. The summed E-state index contributed by atoms with van der Waals surface area (Å²) in [6.07, 6.45) is 3.15. The number of carbonyl (C=O) groups excluding carboxylic acids is 1. The fraction of sp³-hybridized carbons (Fsp3) is 0.0476. The van der Waals surface area contributed by atoms with Gasteiger partial charge in [0.05, 0.1) is 4.88 Å². The molecule has 0 fully saturated rings. The average Bonchev–Trinajstić information content (AvgIpc) is 3.16. The molecule has 2 aromatic carbocycles. The van der Waals surface area contributed by atoms with Gasteiger partial charge in [-0.2, -0.15) is 5.26 Å². The first-order chi connectivity index (χ1) is 12.7. The van der Waals surface area contributed by atoms with E-state index in [9.17, 15) is 9.18 Å². The molecule has 0 spiro atoms. The Labute approximate surface area is 154 Å². The van der Waals surface area contributed by atoms with Crippen LogP contribution in [0.25, 0.3) is 16.5 Å². The zero-order valence-electron chi connectivity index (χ0n) is 13.7. The summed E-state index contributed by atoms with van der Waals surface area (Å²) in [5.41, 5.74) is 1.60. The van der Waals surface area contributed by atoms with Crippen LogP contribution in [-0.4, -0.2) is 12.4 Å². The van der Waals surface area contributed by atoms with Crippen LogP contribution in [0.2, 0.25) is 0 Å². The Kier molecular flexibility index (Phi) is 5.57. The molecule has 0 radical (unpaired) electrons. The van der Waals surface area contributed by atoms with E-state index in [1.807, 2.05) is 24.3 Å². The van der Waals surface area contributed by atoms with E-state index in [-0.39, 0.29) is 18.2 Å². The van der Waals surface area contributed by atoms with Crippen LogP contribution < -0.4 is 4.74 Å². The number of hydrogen-bond acceptors (Lipinski definition) is 4. The third kappa shape index (κ3) is 4.24. The Balaban J connectivity index is 1.76. The van der Waals surface area contributed by atoms with Gasteiger partial charge in [-0.25, -0.2) is 4.39 Å². The monoisotopic (exact) mass is 363 g/mol. The molecular weight excluding hydrogens is 349 g/mol. The fourth-order valence-corrected chi connectivity index (χ4v) is 3.28. The molecule has 3 aromatic rings. The molecule has 3 rings (SSSR count). The fourth-order valence-electron chi connectivity index (χ4n) is 2.35. The number of ketones is 1. The van der Waals surface area contributed by atoms with E-state index in [0.717, 1.165) is 16.0 Å². The van der Waals surface area contributed by atoms with Crippen LogP contribution >= 0.6 is 11.3 Å². The quantitative estimate of drug-likeness (QED) is 0.438. The van der Waals surface area contributed by atoms with Crippen molar-refractivity contribution in [2.24, 2.45) is 0 Å². The lowest BCUT2D eigenvalue weighted by Crippen LogP contribution is -1.95. The number of halogens is 1. The lowest BCUT2D eigenvalue weighted by Gasteiger charge is -2.04. The van der Waals surface area contributed by atoms with Crippen LogP contribution in [0.5, 0.6) is 5.75 Å². The van der Waals surface area contributed by atoms with Crippen LogP contribution in [0, 0.1) is 17.1 Å². The Hall–Kier alpha value is -3.23. The van der Waals surface area contributed by atoms with Crippen LogP contribution in [0.1, 0.15) is 15.2 Å². The van der Waals surface area contributed by atoms with E-state index in [0.29, 0.717) is 10.6 Å². The minimum atomic E-state index is -0.290. The van der Waals surface area contributed by atoms with Gasteiger partial charge >= 0.3 is 0 Å². The van der Waals surface area contributed by atoms with Crippen molar-refractivity contribution in [2.45, 2.75) is 0 Å². The number of benzene rings is 2. The van der Waals surface area contributed by atoms with Crippen LogP contribution in [0.15, 0.2) is 66.7 Å². The van der Waals surface area contributed by atoms with Gasteiger partial charge in [0.25, 0.3) is 0 Å². The van der Waals surface area contributed by atoms with Crippen molar-refractivity contribution >= 4 is 23.2 Å². The summed E-state index contributed by atoms with van der Waals surface area (Å²) in [5, 5.41) is 8.63. The maximum atomic E-state index is 13.0. The second-order valence-electron chi connectivity index (χ2n) is 5.35. The predicted octanol–water partition coefficient (Wildman–Crippen LogP) is 5.35. The molecule has 0 aliphatic rings. The van der Waals surface area contributed by atoms with Crippen molar-refractivity contribution in [2.75, 3.05) is 6.61 Å². The highest BCUT2D eigenvalue weighted by molar-refractivity contribution is 7.17. The first kappa shape index (κ1) is 17.6. The summed E-state index contributed by atoms with van der Waals surface area (Å²) in [5.74, 6) is 0.136. The molecule has 0 aliphatic heterocycles. The number of rotatable bonds is 6. The van der Waals surface area contributed by atoms with E-state index < -0.39 is 0 Å². The number of allylic oxidation sites excluding steroid dienone is 1. The normalized spacial score (nSPS) is 10.6. The van der Waals surface area contributed by atoms with Gasteiger partial charge in [-0.15, -0.1) is 11.3 Å². The van der Waals surface area contributed by atoms with Gasteiger partial charge in [0.2, 0.25) is 0 Å². The maximum Gasteiger partial charge on any atom is 0.195 e. The van der Waals surface area contributed by atoms with E-state index in [2.05, 4.69) is 0 Å². The topological polar surface area (TPSA) is 50.1 Å². The second kappa shape index (κ2) is 8.24. The number of thiophene rings is 1. The summed E-state index contributed by atoms with van der Waals surface area (Å²) < 4.78 is 18.4. The van der Waals surface area contributed by atoms with Gasteiger partial charge in [0.15, 0.2) is 12.4 Å². The molecule has 5 heteroatoms. The summed E-state index contributed by atoms with van der Waals surface area (Å²) in [7, 11) is 0. The molecule has 0 N–H and O–H groups in total. The third-order valence-corrected chi connectivity index (χ3v) is 4.75. The highest BCUT2D eigenvalue weighted by atomic mass is 32.1. The van der Waals surface area contributed by atoms with Crippen LogP contribution in [0.4, 0.5) is 4.39 Å². The molecule has 26 heavy (non-hydrogen) atoms. The molecule has 3 nitrogen and oxygen atoms in total. The number of hydrogen-bond donors (Lipinski definition) is 0. The van der Waals surface area contributed by atoms with Gasteiger partial charge in [0, 0.05) is 10.4 Å². The minimum Gasteiger partial charge on any atom is -0.478 e. The van der Waals surface area contributed by atoms with Crippen LogP contribution in [0.3, 0.4) is 0 Å². The first-order valence-electron chi connectivity index (χ1n) is 7.84. The zero-order valence-corrected chi connectivity index (χ0v) is 14.5. The number of para-hydroxylation sites is 1. The highest BCUT2D eigenvalue weighted by Crippen LogP contribution is 2.29. The number of nitriles is 1. The van der Waals surface area contributed by atoms with Gasteiger partial charge in [0.1, 0.15) is 17.6 Å². The van der Waals surface area contributed by atoms with Gasteiger partial charge in [-0.05, 0) is 48.0 Å². The molecule has 0 saturated heterocycles. The van der Waals surface area contributed by atoms with E-state index in [1.54, 1.807) is 36.4 Å². The molecule has 0 amide bonds.